The van der Waals surface area contributed by atoms with Crippen molar-refractivity contribution in [3.63, 3.8) is 0 Å². The van der Waals surface area contributed by atoms with Gasteiger partial charge in [-0.05, 0) is 50.3 Å². The van der Waals surface area contributed by atoms with E-state index < -0.39 is 0 Å². The van der Waals surface area contributed by atoms with Crippen molar-refractivity contribution in [2.45, 2.75) is 46.3 Å². The van der Waals surface area contributed by atoms with Crippen LogP contribution in [0.15, 0.2) is 16.5 Å². The quantitative estimate of drug-likeness (QED) is 0.877. The molecular weight excluding hydrogens is 230 g/mol. The first-order valence-corrected chi connectivity index (χ1v) is 6.14. The molecule has 6 heteroatoms. The van der Waals surface area contributed by atoms with Crippen LogP contribution in [0.2, 0.25) is 0 Å². The first-order valence-electron chi connectivity index (χ1n) is 6.14. The number of furan rings is 1. The molecule has 2 rings (SSSR count). The summed E-state index contributed by atoms with van der Waals surface area (Å²) in [5.74, 6) is 2.68. The third kappa shape index (κ3) is 2.76. The van der Waals surface area contributed by atoms with Crippen molar-refractivity contribution in [2.75, 3.05) is 0 Å². The molecule has 0 aromatic carbocycles. The van der Waals surface area contributed by atoms with Crippen LogP contribution in [0, 0.1) is 6.92 Å². The second kappa shape index (κ2) is 5.30. The summed E-state index contributed by atoms with van der Waals surface area (Å²) < 4.78 is 7.38. The smallest absolute Gasteiger partial charge is 0.165 e. The van der Waals surface area contributed by atoms with E-state index in [4.69, 9.17) is 4.42 Å². The number of aromatic nitrogens is 4. The van der Waals surface area contributed by atoms with Gasteiger partial charge in [-0.25, -0.2) is 4.68 Å². The zero-order valence-electron chi connectivity index (χ0n) is 11.2. The lowest BCUT2D eigenvalue weighted by Gasteiger charge is -2.12. The minimum absolute atomic E-state index is 0.135. The van der Waals surface area contributed by atoms with Crippen molar-refractivity contribution in [1.29, 1.82) is 0 Å². The lowest BCUT2D eigenvalue weighted by atomic mass is 10.2. The Kier molecular flexibility index (Phi) is 3.76. The molecule has 0 saturated carbocycles. The van der Waals surface area contributed by atoms with Crippen molar-refractivity contribution in [1.82, 2.24) is 25.5 Å². The van der Waals surface area contributed by atoms with Crippen LogP contribution in [-0.2, 0) is 6.54 Å². The van der Waals surface area contributed by atoms with E-state index in [1.807, 2.05) is 23.7 Å². The minimum atomic E-state index is 0.135. The molecule has 18 heavy (non-hydrogen) atoms. The molecule has 98 valence electrons. The van der Waals surface area contributed by atoms with Crippen molar-refractivity contribution in [3.05, 3.63) is 29.5 Å². The molecule has 0 spiro atoms. The third-order valence-electron chi connectivity index (χ3n) is 2.80. The van der Waals surface area contributed by atoms with Gasteiger partial charge in [0.05, 0.1) is 18.6 Å². The van der Waals surface area contributed by atoms with E-state index in [9.17, 15) is 0 Å². The summed E-state index contributed by atoms with van der Waals surface area (Å²) >= 11 is 0. The second-order valence-electron chi connectivity index (χ2n) is 4.68. The van der Waals surface area contributed by atoms with Crippen LogP contribution < -0.4 is 5.32 Å². The van der Waals surface area contributed by atoms with Crippen molar-refractivity contribution in [2.24, 2.45) is 0 Å². The molecule has 0 aliphatic carbocycles. The van der Waals surface area contributed by atoms with Crippen LogP contribution in [0.4, 0.5) is 0 Å². The molecule has 0 aliphatic heterocycles. The van der Waals surface area contributed by atoms with Gasteiger partial charge in [0.25, 0.3) is 0 Å². The minimum Gasteiger partial charge on any atom is -0.465 e. The first-order chi connectivity index (χ1) is 8.58. The van der Waals surface area contributed by atoms with Gasteiger partial charge >= 0.3 is 0 Å². The first kappa shape index (κ1) is 12.8. The molecule has 1 N–H and O–H groups in total. The van der Waals surface area contributed by atoms with Gasteiger partial charge in [0.1, 0.15) is 11.5 Å². The van der Waals surface area contributed by atoms with E-state index in [1.54, 1.807) is 0 Å². The van der Waals surface area contributed by atoms with Gasteiger partial charge in [0, 0.05) is 0 Å². The largest absolute Gasteiger partial charge is 0.465 e. The molecule has 1 atom stereocenters. The number of hydrogen-bond donors (Lipinski definition) is 1. The summed E-state index contributed by atoms with van der Waals surface area (Å²) in [6.45, 7) is 8.72. The normalized spacial score (nSPS) is 13.2. The van der Waals surface area contributed by atoms with Gasteiger partial charge in [-0.3, -0.25) is 0 Å². The van der Waals surface area contributed by atoms with Crippen LogP contribution in [0.1, 0.15) is 50.2 Å². The van der Waals surface area contributed by atoms with E-state index in [-0.39, 0.29) is 12.1 Å². The molecule has 2 aromatic heterocycles. The Hall–Kier alpha value is -1.69. The highest BCUT2D eigenvalue weighted by Crippen LogP contribution is 2.16. The highest BCUT2D eigenvalue weighted by atomic mass is 16.3. The van der Waals surface area contributed by atoms with Crippen LogP contribution in [0.3, 0.4) is 0 Å². The summed E-state index contributed by atoms with van der Waals surface area (Å²) in [5, 5.41) is 15.0. The predicted octanol–water partition coefficient (Wildman–Crippen LogP) is 2.01. The van der Waals surface area contributed by atoms with E-state index >= 15 is 0 Å². The average molecular weight is 249 g/mol. The Morgan fingerprint density at radius 2 is 2.11 bits per heavy atom. The number of nitrogens with one attached hydrogen (secondary N) is 1. The monoisotopic (exact) mass is 249 g/mol. The summed E-state index contributed by atoms with van der Waals surface area (Å²) in [6.07, 6.45) is 0. The van der Waals surface area contributed by atoms with Crippen LogP contribution in [0.25, 0.3) is 0 Å². The molecular formula is C12H19N5O. The number of rotatable bonds is 5. The Morgan fingerprint density at radius 1 is 1.33 bits per heavy atom. The highest BCUT2D eigenvalue weighted by Gasteiger charge is 2.13. The van der Waals surface area contributed by atoms with Gasteiger partial charge in [-0.15, -0.1) is 5.10 Å². The highest BCUT2D eigenvalue weighted by molar-refractivity contribution is 5.08. The maximum absolute atomic E-state index is 5.57. The number of nitrogens with zero attached hydrogens (tertiary/aromatic N) is 4. The standard InChI is InChI=1S/C12H19N5O/c1-8(2)17-12(14-15-16-17)7-13-10(4)11-6-5-9(3)18-11/h5-6,8,10,13H,7H2,1-4H3. The van der Waals surface area contributed by atoms with Gasteiger partial charge < -0.3 is 9.73 Å². The molecule has 0 aliphatic rings. The van der Waals surface area contributed by atoms with Gasteiger partial charge in [0.15, 0.2) is 5.82 Å². The van der Waals surface area contributed by atoms with Gasteiger partial charge in [-0.2, -0.15) is 0 Å². The zero-order chi connectivity index (χ0) is 13.1. The van der Waals surface area contributed by atoms with Gasteiger partial charge in [0.2, 0.25) is 0 Å². The number of aryl methyl sites for hydroxylation is 1. The molecule has 0 bridgehead atoms. The van der Waals surface area contributed by atoms with E-state index in [0.717, 1.165) is 17.3 Å². The van der Waals surface area contributed by atoms with E-state index in [0.29, 0.717) is 6.54 Å². The molecule has 1 unspecified atom stereocenters. The summed E-state index contributed by atoms with van der Waals surface area (Å²) in [7, 11) is 0. The van der Waals surface area contributed by atoms with Crippen molar-refractivity contribution >= 4 is 0 Å². The van der Waals surface area contributed by atoms with Crippen molar-refractivity contribution in [3.8, 4) is 0 Å². The SMILES string of the molecule is Cc1ccc(C(C)NCc2nnnn2C(C)C)o1. The summed E-state index contributed by atoms with van der Waals surface area (Å²) in [6, 6.07) is 4.35. The Bertz CT molecular complexity index is 502. The second-order valence-corrected chi connectivity index (χ2v) is 4.68. The molecule has 0 amide bonds. The van der Waals surface area contributed by atoms with Gasteiger partial charge in [-0.1, -0.05) is 0 Å². The fourth-order valence-corrected chi connectivity index (χ4v) is 1.76. The van der Waals surface area contributed by atoms with Crippen LogP contribution >= 0.6 is 0 Å². The fourth-order valence-electron chi connectivity index (χ4n) is 1.76. The molecule has 2 heterocycles. The summed E-state index contributed by atoms with van der Waals surface area (Å²) in [4.78, 5) is 0. The molecule has 0 fully saturated rings. The average Bonchev–Trinajstić information content (AvgIpc) is 2.94. The molecule has 2 aromatic rings. The topological polar surface area (TPSA) is 68.8 Å². The third-order valence-corrected chi connectivity index (χ3v) is 2.80. The lowest BCUT2D eigenvalue weighted by Crippen LogP contribution is -2.21. The lowest BCUT2D eigenvalue weighted by molar-refractivity contribution is 0.404. The van der Waals surface area contributed by atoms with Crippen LogP contribution in [-0.4, -0.2) is 20.2 Å². The van der Waals surface area contributed by atoms with E-state index in [2.05, 4.69) is 41.6 Å². The predicted molar refractivity (Wildman–Crippen MR) is 66.9 cm³/mol. The Labute approximate surface area is 106 Å². The maximum Gasteiger partial charge on any atom is 0.165 e. The molecule has 6 nitrogen and oxygen atoms in total. The zero-order valence-corrected chi connectivity index (χ0v) is 11.2. The Balaban J connectivity index is 1.97. The number of tetrazole rings is 1. The van der Waals surface area contributed by atoms with E-state index in [1.165, 1.54) is 0 Å². The molecule has 0 saturated heterocycles. The summed E-state index contributed by atoms with van der Waals surface area (Å²) in [5.41, 5.74) is 0. The van der Waals surface area contributed by atoms with Crippen molar-refractivity contribution < 1.29 is 4.42 Å². The van der Waals surface area contributed by atoms with Crippen LogP contribution in [0.5, 0.6) is 0 Å². The Morgan fingerprint density at radius 3 is 2.72 bits per heavy atom. The fraction of sp³-hybridized carbons (Fsp3) is 0.583. The number of hydrogen-bond acceptors (Lipinski definition) is 5. The maximum atomic E-state index is 5.57. The molecule has 0 radical (unpaired) electrons.